The molecule has 2 heterocycles. The number of aromatic nitrogens is 2. The molecule has 0 amide bonds. The highest BCUT2D eigenvalue weighted by Gasteiger charge is 2.21. The molecule has 2 rings (SSSR count). The molecule has 7 nitrogen and oxygen atoms in total. The highest BCUT2D eigenvalue weighted by molar-refractivity contribution is 7.93. The molecule has 0 bridgehead atoms. The third-order valence-corrected chi connectivity index (χ3v) is 4.91. The second kappa shape index (κ2) is 5.58. The largest absolute Gasteiger partial charge is 0.308 e. The molecule has 2 aromatic heterocycles. The Morgan fingerprint density at radius 1 is 1.33 bits per heavy atom. The van der Waals surface area contributed by atoms with Crippen LogP contribution in [0.2, 0.25) is 0 Å². The molecule has 0 radical (unpaired) electrons. The van der Waals surface area contributed by atoms with Crippen LogP contribution in [0, 0.1) is 0 Å². The van der Waals surface area contributed by atoms with E-state index in [1.165, 1.54) is 29.7 Å². The molecule has 0 fully saturated rings. The summed E-state index contributed by atoms with van der Waals surface area (Å²) in [4.78, 5) is 8.25. The Labute approximate surface area is 127 Å². The minimum Gasteiger partial charge on any atom is -0.308 e. The van der Waals surface area contributed by atoms with Crippen molar-refractivity contribution >= 4 is 32.3 Å². The summed E-state index contributed by atoms with van der Waals surface area (Å²) in [6, 6.07) is 2.74. The number of hydrogen-bond donors (Lipinski definition) is 3. The van der Waals surface area contributed by atoms with Crippen molar-refractivity contribution in [3.8, 4) is 0 Å². The lowest BCUT2D eigenvalue weighted by Gasteiger charge is -2.14. The number of pyridine rings is 1. The first kappa shape index (κ1) is 15.7. The second-order valence-electron chi connectivity index (χ2n) is 5.41. The summed E-state index contributed by atoms with van der Waals surface area (Å²) in [5.41, 5.74) is 3.02. The Morgan fingerprint density at radius 2 is 2.05 bits per heavy atom. The summed E-state index contributed by atoms with van der Waals surface area (Å²) in [5.74, 6) is 5.50. The minimum absolute atomic E-state index is 0.0676. The van der Waals surface area contributed by atoms with E-state index in [-0.39, 0.29) is 16.1 Å². The highest BCUT2D eigenvalue weighted by atomic mass is 32.2. The molecule has 0 saturated heterocycles. The van der Waals surface area contributed by atoms with E-state index in [4.69, 9.17) is 5.84 Å². The van der Waals surface area contributed by atoms with Gasteiger partial charge in [0.25, 0.3) is 10.0 Å². The standard InChI is InChI=1S/C12H17N5O2S2/c1-12(2,3)9-7-20-11(15-9)17-21(18,19)8-4-5-14-10(6-8)16-13/h4-7H,13H2,1-3H3,(H,14,16)(H,15,17). The lowest BCUT2D eigenvalue weighted by atomic mass is 9.93. The van der Waals surface area contributed by atoms with Gasteiger partial charge in [-0.25, -0.2) is 24.2 Å². The van der Waals surface area contributed by atoms with Crippen LogP contribution in [0.4, 0.5) is 10.9 Å². The molecule has 0 spiro atoms. The lowest BCUT2D eigenvalue weighted by molar-refractivity contribution is 0.573. The summed E-state index contributed by atoms with van der Waals surface area (Å²) < 4.78 is 27.0. The van der Waals surface area contributed by atoms with Gasteiger partial charge in [-0.05, 0) is 6.07 Å². The Morgan fingerprint density at radius 3 is 2.62 bits per heavy atom. The van der Waals surface area contributed by atoms with E-state index in [1.54, 1.807) is 0 Å². The van der Waals surface area contributed by atoms with Gasteiger partial charge in [0.1, 0.15) is 5.82 Å². The molecule has 0 aliphatic carbocycles. The topological polar surface area (TPSA) is 110 Å². The van der Waals surface area contributed by atoms with Gasteiger partial charge in [0.2, 0.25) is 0 Å². The number of rotatable bonds is 4. The van der Waals surface area contributed by atoms with Crippen LogP contribution in [0.5, 0.6) is 0 Å². The van der Waals surface area contributed by atoms with Crippen LogP contribution in [0.25, 0.3) is 0 Å². The van der Waals surface area contributed by atoms with Crippen molar-refractivity contribution in [2.75, 3.05) is 10.1 Å². The highest BCUT2D eigenvalue weighted by Crippen LogP contribution is 2.27. The van der Waals surface area contributed by atoms with Crippen LogP contribution < -0.4 is 16.0 Å². The molecule has 0 aromatic carbocycles. The Hall–Kier alpha value is -1.71. The van der Waals surface area contributed by atoms with Gasteiger partial charge in [0, 0.05) is 23.1 Å². The van der Waals surface area contributed by atoms with Crippen molar-refractivity contribution in [3.63, 3.8) is 0 Å². The monoisotopic (exact) mass is 327 g/mol. The fourth-order valence-corrected chi connectivity index (χ4v) is 3.70. The van der Waals surface area contributed by atoms with E-state index in [1.807, 2.05) is 26.2 Å². The summed E-state index contributed by atoms with van der Waals surface area (Å²) >= 11 is 1.25. The number of hydrazine groups is 1. The molecule has 9 heteroatoms. The zero-order valence-electron chi connectivity index (χ0n) is 11.9. The van der Waals surface area contributed by atoms with Gasteiger partial charge in [-0.3, -0.25) is 4.72 Å². The van der Waals surface area contributed by atoms with E-state index >= 15 is 0 Å². The quantitative estimate of drug-likeness (QED) is 0.584. The zero-order chi connectivity index (χ0) is 15.7. The summed E-state index contributed by atoms with van der Waals surface area (Å²) in [5, 5.41) is 2.18. The van der Waals surface area contributed by atoms with Crippen molar-refractivity contribution in [1.82, 2.24) is 9.97 Å². The number of nitrogens with one attached hydrogen (secondary N) is 2. The first-order valence-electron chi connectivity index (χ1n) is 6.14. The van der Waals surface area contributed by atoms with Crippen LogP contribution in [0.1, 0.15) is 26.5 Å². The number of hydrogen-bond acceptors (Lipinski definition) is 7. The molecule has 0 aliphatic rings. The maximum absolute atomic E-state index is 12.3. The molecule has 21 heavy (non-hydrogen) atoms. The normalized spacial score (nSPS) is 12.2. The average Bonchev–Trinajstić information content (AvgIpc) is 2.86. The fourth-order valence-electron chi connectivity index (χ4n) is 1.50. The van der Waals surface area contributed by atoms with E-state index in [0.717, 1.165) is 5.69 Å². The van der Waals surface area contributed by atoms with Crippen molar-refractivity contribution < 1.29 is 8.42 Å². The summed E-state index contributed by atoms with van der Waals surface area (Å²) in [7, 11) is -3.72. The molecule has 0 atom stereocenters. The minimum atomic E-state index is -3.72. The Bertz CT molecular complexity index is 734. The predicted octanol–water partition coefficient (Wildman–Crippen LogP) is 1.92. The molecular weight excluding hydrogens is 310 g/mol. The van der Waals surface area contributed by atoms with Crippen molar-refractivity contribution in [2.24, 2.45) is 5.84 Å². The molecule has 0 aliphatic heterocycles. The summed E-state index contributed by atoms with van der Waals surface area (Å²) in [6.45, 7) is 6.05. The number of nitrogens with zero attached hydrogens (tertiary/aromatic N) is 2. The number of thiazole rings is 1. The van der Waals surface area contributed by atoms with Crippen molar-refractivity contribution in [3.05, 3.63) is 29.4 Å². The van der Waals surface area contributed by atoms with Crippen molar-refractivity contribution in [1.29, 1.82) is 0 Å². The van der Waals surface area contributed by atoms with Crippen LogP contribution in [-0.4, -0.2) is 18.4 Å². The van der Waals surface area contributed by atoms with E-state index in [2.05, 4.69) is 20.1 Å². The van der Waals surface area contributed by atoms with Gasteiger partial charge in [-0.2, -0.15) is 0 Å². The zero-order valence-corrected chi connectivity index (χ0v) is 13.5. The Kier molecular flexibility index (Phi) is 4.17. The van der Waals surface area contributed by atoms with Gasteiger partial charge < -0.3 is 5.43 Å². The predicted molar refractivity (Wildman–Crippen MR) is 83.7 cm³/mol. The van der Waals surface area contributed by atoms with Gasteiger partial charge in [0.05, 0.1) is 10.6 Å². The molecule has 4 N–H and O–H groups in total. The first-order chi connectivity index (χ1) is 9.72. The van der Waals surface area contributed by atoms with E-state index < -0.39 is 10.0 Å². The van der Waals surface area contributed by atoms with Crippen LogP contribution in [-0.2, 0) is 15.4 Å². The molecule has 0 saturated carbocycles. The average molecular weight is 327 g/mol. The van der Waals surface area contributed by atoms with E-state index in [0.29, 0.717) is 5.13 Å². The van der Waals surface area contributed by atoms with Gasteiger partial charge in [0.15, 0.2) is 5.13 Å². The Balaban J connectivity index is 2.27. The molecule has 114 valence electrons. The van der Waals surface area contributed by atoms with Crippen LogP contribution in [0.3, 0.4) is 0 Å². The van der Waals surface area contributed by atoms with Gasteiger partial charge in [-0.1, -0.05) is 20.8 Å². The number of nitrogen functional groups attached to an aromatic ring is 1. The van der Waals surface area contributed by atoms with E-state index in [9.17, 15) is 8.42 Å². The molecular formula is C12H17N5O2S2. The van der Waals surface area contributed by atoms with Crippen molar-refractivity contribution in [2.45, 2.75) is 31.1 Å². The third kappa shape index (κ3) is 3.69. The number of sulfonamides is 1. The van der Waals surface area contributed by atoms with Crippen LogP contribution >= 0.6 is 11.3 Å². The lowest BCUT2D eigenvalue weighted by Crippen LogP contribution is -2.16. The van der Waals surface area contributed by atoms with Gasteiger partial charge in [-0.15, -0.1) is 11.3 Å². The third-order valence-electron chi connectivity index (χ3n) is 2.68. The maximum atomic E-state index is 12.3. The fraction of sp³-hybridized carbons (Fsp3) is 0.333. The smallest absolute Gasteiger partial charge is 0.263 e. The second-order valence-corrected chi connectivity index (χ2v) is 7.96. The SMILES string of the molecule is CC(C)(C)c1csc(NS(=O)(=O)c2ccnc(NN)c2)n1. The summed E-state index contributed by atoms with van der Waals surface area (Å²) in [6.07, 6.45) is 1.37. The molecule has 2 aromatic rings. The molecule has 0 unspecified atom stereocenters. The van der Waals surface area contributed by atoms with Gasteiger partial charge >= 0.3 is 0 Å². The first-order valence-corrected chi connectivity index (χ1v) is 8.50. The maximum Gasteiger partial charge on any atom is 0.263 e. The van der Waals surface area contributed by atoms with Crippen LogP contribution in [0.15, 0.2) is 28.6 Å². The number of anilines is 2. The number of nitrogens with two attached hydrogens (primary N) is 1.